The zero-order valence-corrected chi connectivity index (χ0v) is 17.1. The minimum absolute atomic E-state index is 0.210. The van der Waals surface area contributed by atoms with Crippen molar-refractivity contribution in [2.45, 2.75) is 25.9 Å². The summed E-state index contributed by atoms with van der Waals surface area (Å²) in [4.78, 5) is 22.2. The Morgan fingerprint density at radius 2 is 1.90 bits per heavy atom. The Morgan fingerprint density at radius 3 is 2.60 bits per heavy atom. The highest BCUT2D eigenvalue weighted by Gasteiger charge is 2.21. The predicted octanol–water partition coefficient (Wildman–Crippen LogP) is 2.86. The van der Waals surface area contributed by atoms with E-state index >= 15 is 0 Å². The van der Waals surface area contributed by atoms with Gasteiger partial charge in [0, 0.05) is 51.2 Å². The van der Waals surface area contributed by atoms with Gasteiger partial charge in [0.1, 0.15) is 0 Å². The van der Waals surface area contributed by atoms with Gasteiger partial charge in [-0.15, -0.1) is 0 Å². The molecule has 1 aliphatic heterocycles. The Balaban J connectivity index is 1.33. The van der Waals surface area contributed by atoms with Crippen LogP contribution in [0.4, 0.5) is 5.69 Å². The molecule has 1 aliphatic rings. The van der Waals surface area contributed by atoms with E-state index in [2.05, 4.69) is 44.9 Å². The molecule has 2 N–H and O–H groups in total. The van der Waals surface area contributed by atoms with Gasteiger partial charge >= 0.3 is 0 Å². The highest BCUT2D eigenvalue weighted by molar-refractivity contribution is 5.95. The quantitative estimate of drug-likeness (QED) is 0.491. The van der Waals surface area contributed by atoms with Crippen molar-refractivity contribution in [1.29, 1.82) is 0 Å². The van der Waals surface area contributed by atoms with E-state index in [-0.39, 0.29) is 5.91 Å². The number of rotatable bonds is 6. The number of carbonyl (C=O) groups is 1. The molecule has 1 fully saturated rings. The molecule has 0 radical (unpaired) electrons. The van der Waals surface area contributed by atoms with Crippen molar-refractivity contribution >= 4 is 17.6 Å². The number of aromatic nitrogens is 2. The van der Waals surface area contributed by atoms with E-state index in [9.17, 15) is 4.79 Å². The van der Waals surface area contributed by atoms with E-state index < -0.39 is 0 Å². The maximum atomic E-state index is 11.9. The number of hydrogen-bond donors (Lipinski definition) is 2. The fourth-order valence-corrected chi connectivity index (χ4v) is 3.61. The third-order valence-corrected chi connectivity index (χ3v) is 5.23. The van der Waals surface area contributed by atoms with Crippen LogP contribution in [0.2, 0.25) is 0 Å². The molecule has 7 nitrogen and oxygen atoms in total. The number of amides is 1. The van der Waals surface area contributed by atoms with Gasteiger partial charge in [0.2, 0.25) is 5.91 Å². The summed E-state index contributed by atoms with van der Waals surface area (Å²) in [5, 5.41) is 6.72. The molecule has 2 heterocycles. The van der Waals surface area contributed by atoms with E-state index in [1.165, 1.54) is 0 Å². The maximum absolute atomic E-state index is 11.9. The summed E-state index contributed by atoms with van der Waals surface area (Å²) in [6.45, 7) is 2.11. The highest BCUT2D eigenvalue weighted by Crippen LogP contribution is 2.21. The summed E-state index contributed by atoms with van der Waals surface area (Å²) in [5.74, 6) is 0.940. The van der Waals surface area contributed by atoms with Gasteiger partial charge in [-0.25, -0.2) is 4.98 Å². The summed E-state index contributed by atoms with van der Waals surface area (Å²) in [7, 11) is 1.76. The summed E-state index contributed by atoms with van der Waals surface area (Å²) < 4.78 is 2.00. The Kier molecular flexibility index (Phi) is 6.08. The Hall–Kier alpha value is -3.61. The number of aliphatic imine (C=N–C) groups is 1. The zero-order valence-electron chi connectivity index (χ0n) is 17.1. The molecule has 1 aromatic heterocycles. The average Bonchev–Trinajstić information content (AvgIpc) is 3.47. The normalized spacial score (nSPS) is 14.2. The third kappa shape index (κ3) is 4.51. The number of anilines is 1. The van der Waals surface area contributed by atoms with Gasteiger partial charge in [-0.1, -0.05) is 30.3 Å². The van der Waals surface area contributed by atoms with Gasteiger partial charge < -0.3 is 20.1 Å². The first-order valence-electron chi connectivity index (χ1n) is 10.1. The molecule has 0 aliphatic carbocycles. The monoisotopic (exact) mass is 402 g/mol. The number of imidazole rings is 1. The van der Waals surface area contributed by atoms with E-state index in [1.807, 2.05) is 39.9 Å². The lowest BCUT2D eigenvalue weighted by Gasteiger charge is -2.17. The molecule has 1 amide bonds. The molecule has 7 heteroatoms. The first-order valence-corrected chi connectivity index (χ1v) is 10.1. The summed E-state index contributed by atoms with van der Waals surface area (Å²) in [5.41, 5.74) is 4.34. The average molecular weight is 403 g/mol. The second-order valence-electron chi connectivity index (χ2n) is 7.19. The number of benzene rings is 2. The van der Waals surface area contributed by atoms with Crippen LogP contribution >= 0.6 is 0 Å². The zero-order chi connectivity index (χ0) is 20.8. The second kappa shape index (κ2) is 9.26. The lowest BCUT2D eigenvalue weighted by Crippen LogP contribution is -2.36. The van der Waals surface area contributed by atoms with Crippen LogP contribution in [0.15, 0.2) is 72.2 Å². The molecule has 1 saturated heterocycles. The van der Waals surface area contributed by atoms with Gasteiger partial charge in [0.25, 0.3) is 0 Å². The summed E-state index contributed by atoms with van der Waals surface area (Å²) >= 11 is 0. The molecular formula is C23H26N6O. The van der Waals surface area contributed by atoms with Crippen molar-refractivity contribution in [3.8, 4) is 5.69 Å². The summed E-state index contributed by atoms with van der Waals surface area (Å²) in [6, 6.07) is 16.3. The smallest absolute Gasteiger partial charge is 0.227 e. The van der Waals surface area contributed by atoms with Gasteiger partial charge in [0.15, 0.2) is 5.96 Å². The fourth-order valence-electron chi connectivity index (χ4n) is 3.61. The molecule has 2 aromatic carbocycles. The number of carbonyl (C=O) groups excluding carboxylic acids is 1. The predicted molar refractivity (Wildman–Crippen MR) is 119 cm³/mol. The van der Waals surface area contributed by atoms with Crippen LogP contribution in [0.25, 0.3) is 5.69 Å². The molecule has 0 atom stereocenters. The van der Waals surface area contributed by atoms with E-state index in [0.717, 1.165) is 41.4 Å². The van der Waals surface area contributed by atoms with Gasteiger partial charge in [-0.2, -0.15) is 0 Å². The SMILES string of the molecule is CN=C(NCc1ccc(N2CCCC2=O)cc1)NCc1ccccc1-n1ccnc1. The fraction of sp³-hybridized carbons (Fsp3) is 0.261. The molecule has 154 valence electrons. The Bertz CT molecular complexity index is 1010. The number of hydrogen-bond acceptors (Lipinski definition) is 3. The second-order valence-corrected chi connectivity index (χ2v) is 7.19. The van der Waals surface area contributed by atoms with Crippen LogP contribution in [-0.2, 0) is 17.9 Å². The molecule has 4 rings (SSSR count). The molecule has 0 unspecified atom stereocenters. The number of guanidine groups is 1. The van der Waals surface area contributed by atoms with Crippen LogP contribution in [0.1, 0.15) is 24.0 Å². The van der Waals surface area contributed by atoms with Crippen molar-refractivity contribution < 1.29 is 4.79 Å². The molecular weight excluding hydrogens is 376 g/mol. The lowest BCUT2D eigenvalue weighted by molar-refractivity contribution is -0.117. The minimum Gasteiger partial charge on any atom is -0.352 e. The van der Waals surface area contributed by atoms with Crippen LogP contribution in [0, 0.1) is 0 Å². The number of nitrogens with zero attached hydrogens (tertiary/aromatic N) is 4. The maximum Gasteiger partial charge on any atom is 0.227 e. The number of para-hydroxylation sites is 1. The van der Waals surface area contributed by atoms with Crippen LogP contribution < -0.4 is 15.5 Å². The first-order chi connectivity index (χ1) is 14.7. The third-order valence-electron chi connectivity index (χ3n) is 5.23. The van der Waals surface area contributed by atoms with Gasteiger partial charge in [-0.3, -0.25) is 9.79 Å². The van der Waals surface area contributed by atoms with Crippen LogP contribution in [0.5, 0.6) is 0 Å². The van der Waals surface area contributed by atoms with Crippen molar-refractivity contribution in [3.63, 3.8) is 0 Å². The molecule has 0 spiro atoms. The van der Waals surface area contributed by atoms with Crippen LogP contribution in [-0.4, -0.2) is 35.0 Å². The Morgan fingerprint density at radius 1 is 1.10 bits per heavy atom. The van der Waals surface area contributed by atoms with Crippen molar-refractivity contribution in [3.05, 3.63) is 78.4 Å². The summed E-state index contributed by atoms with van der Waals surface area (Å²) in [6.07, 6.45) is 7.09. The van der Waals surface area contributed by atoms with E-state index in [1.54, 1.807) is 19.6 Å². The minimum atomic E-state index is 0.210. The molecule has 0 bridgehead atoms. The van der Waals surface area contributed by atoms with Crippen molar-refractivity contribution in [2.24, 2.45) is 4.99 Å². The van der Waals surface area contributed by atoms with Crippen LogP contribution in [0.3, 0.4) is 0 Å². The largest absolute Gasteiger partial charge is 0.352 e. The molecule has 0 saturated carbocycles. The molecule has 30 heavy (non-hydrogen) atoms. The highest BCUT2D eigenvalue weighted by atomic mass is 16.2. The van der Waals surface area contributed by atoms with Gasteiger partial charge in [0.05, 0.1) is 12.0 Å². The topological polar surface area (TPSA) is 74.6 Å². The van der Waals surface area contributed by atoms with Crippen molar-refractivity contribution in [1.82, 2.24) is 20.2 Å². The van der Waals surface area contributed by atoms with E-state index in [0.29, 0.717) is 19.5 Å². The lowest BCUT2D eigenvalue weighted by atomic mass is 10.1. The van der Waals surface area contributed by atoms with E-state index in [4.69, 9.17) is 0 Å². The first kappa shape index (κ1) is 19.7. The number of nitrogens with one attached hydrogen (secondary N) is 2. The van der Waals surface area contributed by atoms with Gasteiger partial charge in [-0.05, 0) is 35.7 Å². The van der Waals surface area contributed by atoms with Crippen molar-refractivity contribution in [2.75, 3.05) is 18.5 Å². The standard InChI is InChI=1S/C23H26N6O/c1-24-23(27-16-19-5-2-3-6-21(19)28-14-12-25-17-28)26-15-18-8-10-20(11-9-18)29-13-4-7-22(29)30/h2-3,5-6,8-12,14,17H,4,7,13,15-16H2,1H3,(H2,24,26,27). The Labute approximate surface area is 176 Å². The molecule has 3 aromatic rings.